The molecule has 3 aromatic rings. The fourth-order valence-corrected chi connectivity index (χ4v) is 3.45. The van der Waals surface area contributed by atoms with Gasteiger partial charge in [0.2, 0.25) is 15.9 Å². The Balaban J connectivity index is 1.94. The van der Waals surface area contributed by atoms with Crippen LogP contribution in [0.25, 0.3) is 16.9 Å². The molecule has 0 fully saturated rings. The van der Waals surface area contributed by atoms with Gasteiger partial charge in [-0.15, -0.1) is 0 Å². The second-order valence-corrected chi connectivity index (χ2v) is 8.82. The van der Waals surface area contributed by atoms with Crippen LogP contribution in [0.4, 0.5) is 0 Å². The van der Waals surface area contributed by atoms with Gasteiger partial charge in [0.05, 0.1) is 38.1 Å². The summed E-state index contributed by atoms with van der Waals surface area (Å²) < 4.78 is 31.7. The first kappa shape index (κ1) is 23.4. The molecule has 2 aromatic heterocycles. The molecule has 11 heteroatoms. The van der Waals surface area contributed by atoms with Gasteiger partial charge in [-0.2, -0.15) is 5.10 Å². The van der Waals surface area contributed by atoms with Crippen LogP contribution in [-0.2, 0) is 21.3 Å². The highest BCUT2D eigenvalue weighted by molar-refractivity contribution is 7.88. The molecule has 10 nitrogen and oxygen atoms in total. The maximum Gasteiger partial charge on any atom is 0.297 e. The van der Waals surface area contributed by atoms with Crippen molar-refractivity contribution in [2.75, 3.05) is 34.1 Å². The van der Waals surface area contributed by atoms with Gasteiger partial charge in [-0.1, -0.05) is 24.3 Å². The monoisotopic (exact) mass is 459 g/mol. The van der Waals surface area contributed by atoms with Crippen LogP contribution in [0.1, 0.15) is 16.1 Å². The van der Waals surface area contributed by atoms with E-state index in [4.69, 9.17) is 9.57 Å². The van der Waals surface area contributed by atoms with E-state index >= 15 is 0 Å². The molecule has 0 saturated carbocycles. The van der Waals surface area contributed by atoms with Crippen LogP contribution in [0.3, 0.4) is 0 Å². The Hall–Kier alpha value is -3.28. The lowest BCUT2D eigenvalue weighted by Gasteiger charge is -2.11. The number of methoxy groups -OCH3 is 1. The van der Waals surface area contributed by atoms with Crippen molar-refractivity contribution in [2.45, 2.75) is 6.42 Å². The summed E-state index contributed by atoms with van der Waals surface area (Å²) in [5.74, 6) is 0.0716. The standard InChI is InChI=1S/C21H25N5O5S/c1-25(31-3)21(27)18-13-19(26(24-18)17-9-10-20(30-2)22-14-17)16-7-5-15(6-8-16)11-12-23-32(4,28)29/h5-10,13-14,23H,11-12H2,1-4H3. The smallest absolute Gasteiger partial charge is 0.297 e. The lowest BCUT2D eigenvalue weighted by molar-refractivity contribution is -0.0760. The van der Waals surface area contributed by atoms with E-state index in [1.54, 1.807) is 29.1 Å². The van der Waals surface area contributed by atoms with Gasteiger partial charge in [0.15, 0.2) is 5.69 Å². The van der Waals surface area contributed by atoms with Crippen LogP contribution in [0.5, 0.6) is 5.88 Å². The van der Waals surface area contributed by atoms with E-state index in [9.17, 15) is 13.2 Å². The summed E-state index contributed by atoms with van der Waals surface area (Å²) >= 11 is 0. The Morgan fingerprint density at radius 2 is 1.88 bits per heavy atom. The number of hydrogen-bond donors (Lipinski definition) is 1. The molecule has 3 rings (SSSR count). The van der Waals surface area contributed by atoms with Gasteiger partial charge < -0.3 is 4.74 Å². The van der Waals surface area contributed by atoms with Gasteiger partial charge in [-0.3, -0.25) is 9.63 Å². The van der Waals surface area contributed by atoms with Gasteiger partial charge in [0.1, 0.15) is 0 Å². The van der Waals surface area contributed by atoms with Gasteiger partial charge in [-0.25, -0.2) is 27.9 Å². The van der Waals surface area contributed by atoms with Crippen molar-refractivity contribution < 1.29 is 22.8 Å². The molecule has 0 aliphatic rings. The van der Waals surface area contributed by atoms with E-state index in [-0.39, 0.29) is 5.69 Å². The van der Waals surface area contributed by atoms with Crippen molar-refractivity contribution in [1.29, 1.82) is 0 Å². The van der Waals surface area contributed by atoms with Gasteiger partial charge in [0.25, 0.3) is 5.91 Å². The van der Waals surface area contributed by atoms with Crippen LogP contribution in [0.2, 0.25) is 0 Å². The van der Waals surface area contributed by atoms with Crippen LogP contribution < -0.4 is 9.46 Å². The largest absolute Gasteiger partial charge is 0.481 e. The summed E-state index contributed by atoms with van der Waals surface area (Å²) in [6.45, 7) is 0.315. The Kier molecular flexibility index (Phi) is 7.23. The van der Waals surface area contributed by atoms with Crippen molar-refractivity contribution in [3.05, 3.63) is 59.9 Å². The predicted molar refractivity (Wildman–Crippen MR) is 119 cm³/mol. The number of carbonyl (C=O) groups excluding carboxylic acids is 1. The van der Waals surface area contributed by atoms with Crippen molar-refractivity contribution >= 4 is 15.9 Å². The number of pyridine rings is 1. The van der Waals surface area contributed by atoms with Crippen LogP contribution in [-0.4, -0.2) is 68.2 Å². The Bertz CT molecular complexity index is 1170. The zero-order valence-electron chi connectivity index (χ0n) is 18.3. The van der Waals surface area contributed by atoms with E-state index in [1.807, 2.05) is 24.3 Å². The highest BCUT2D eigenvalue weighted by Crippen LogP contribution is 2.25. The predicted octanol–water partition coefficient (Wildman–Crippen LogP) is 1.67. The molecule has 2 heterocycles. The maximum atomic E-state index is 12.6. The molecule has 0 radical (unpaired) electrons. The fourth-order valence-electron chi connectivity index (χ4n) is 2.97. The van der Waals surface area contributed by atoms with E-state index in [0.29, 0.717) is 30.2 Å². The summed E-state index contributed by atoms with van der Waals surface area (Å²) in [5.41, 5.74) is 3.35. The Morgan fingerprint density at radius 1 is 1.16 bits per heavy atom. The molecule has 0 atom stereocenters. The summed E-state index contributed by atoms with van der Waals surface area (Å²) in [4.78, 5) is 21.8. The molecule has 1 amide bonds. The first-order valence-corrected chi connectivity index (χ1v) is 11.6. The highest BCUT2D eigenvalue weighted by atomic mass is 32.2. The van der Waals surface area contributed by atoms with Crippen molar-refractivity contribution in [2.24, 2.45) is 0 Å². The van der Waals surface area contributed by atoms with Crippen LogP contribution >= 0.6 is 0 Å². The number of nitrogens with zero attached hydrogens (tertiary/aromatic N) is 4. The molecule has 1 aromatic carbocycles. The number of rotatable bonds is 9. The molecule has 170 valence electrons. The normalized spacial score (nSPS) is 11.4. The second kappa shape index (κ2) is 9.90. The molecule has 0 unspecified atom stereocenters. The molecule has 0 aliphatic heterocycles. The molecule has 32 heavy (non-hydrogen) atoms. The molecular formula is C21H25N5O5S. The van der Waals surface area contributed by atoms with Crippen LogP contribution in [0, 0.1) is 0 Å². The van der Waals surface area contributed by atoms with Crippen LogP contribution in [0.15, 0.2) is 48.7 Å². The molecule has 0 saturated heterocycles. The third-order valence-electron chi connectivity index (χ3n) is 4.69. The van der Waals surface area contributed by atoms with E-state index in [2.05, 4.69) is 14.8 Å². The average Bonchev–Trinajstić information content (AvgIpc) is 3.23. The summed E-state index contributed by atoms with van der Waals surface area (Å²) in [7, 11) is 1.22. The lowest BCUT2D eigenvalue weighted by atomic mass is 10.1. The minimum atomic E-state index is -3.22. The molecular weight excluding hydrogens is 434 g/mol. The van der Waals surface area contributed by atoms with Gasteiger partial charge in [0, 0.05) is 25.2 Å². The fraction of sp³-hybridized carbons (Fsp3) is 0.286. The second-order valence-electron chi connectivity index (χ2n) is 6.98. The highest BCUT2D eigenvalue weighted by Gasteiger charge is 2.20. The number of benzene rings is 1. The van der Waals surface area contributed by atoms with Crippen molar-refractivity contribution in [1.82, 2.24) is 24.5 Å². The van der Waals surface area contributed by atoms with E-state index in [1.165, 1.54) is 21.3 Å². The van der Waals surface area contributed by atoms with E-state index in [0.717, 1.165) is 22.4 Å². The molecule has 0 spiro atoms. The zero-order chi connectivity index (χ0) is 23.3. The third-order valence-corrected chi connectivity index (χ3v) is 5.42. The quantitative estimate of drug-likeness (QED) is 0.484. The number of nitrogens with one attached hydrogen (secondary N) is 1. The Labute approximate surface area is 186 Å². The van der Waals surface area contributed by atoms with Crippen molar-refractivity contribution in [3.63, 3.8) is 0 Å². The summed E-state index contributed by atoms with van der Waals surface area (Å²) in [6.07, 6.45) is 3.29. The van der Waals surface area contributed by atoms with E-state index < -0.39 is 15.9 Å². The maximum absolute atomic E-state index is 12.6. The van der Waals surface area contributed by atoms with Gasteiger partial charge in [-0.05, 0) is 24.1 Å². The summed E-state index contributed by atoms with van der Waals surface area (Å²) in [5, 5.41) is 5.57. The number of ether oxygens (including phenoxy) is 1. The average molecular weight is 460 g/mol. The lowest BCUT2D eigenvalue weighted by Crippen LogP contribution is -2.25. The number of hydrogen-bond acceptors (Lipinski definition) is 7. The molecule has 0 aliphatic carbocycles. The number of hydroxylamine groups is 2. The topological polar surface area (TPSA) is 116 Å². The minimum absolute atomic E-state index is 0.210. The molecule has 0 bridgehead atoms. The number of sulfonamides is 1. The molecule has 1 N–H and O–H groups in total. The number of amides is 1. The first-order valence-electron chi connectivity index (χ1n) is 9.68. The summed E-state index contributed by atoms with van der Waals surface area (Å²) in [6, 6.07) is 12.8. The Morgan fingerprint density at radius 3 is 2.44 bits per heavy atom. The number of carbonyl (C=O) groups is 1. The van der Waals surface area contributed by atoms with Gasteiger partial charge >= 0.3 is 0 Å². The SMILES string of the molecule is COc1ccc(-n2nc(C(=O)N(C)OC)cc2-c2ccc(CCNS(C)(=O)=O)cc2)cn1. The van der Waals surface area contributed by atoms with Crippen molar-refractivity contribution in [3.8, 4) is 22.8 Å². The number of aromatic nitrogens is 3. The third kappa shape index (κ3) is 5.69. The first-order chi connectivity index (χ1) is 15.2. The minimum Gasteiger partial charge on any atom is -0.481 e. The zero-order valence-corrected chi connectivity index (χ0v) is 19.1.